The monoisotopic (exact) mass is 477 g/mol. The van der Waals surface area contributed by atoms with Gasteiger partial charge in [0, 0.05) is 5.69 Å². The Labute approximate surface area is 176 Å². The van der Waals surface area contributed by atoms with Crippen LogP contribution in [0.2, 0.25) is 10.0 Å². The molecule has 12 heteroatoms. The molecule has 4 N–H and O–H groups in total. The molecule has 0 aliphatic carbocycles. The van der Waals surface area contributed by atoms with Crippen molar-refractivity contribution >= 4 is 71.6 Å². The third-order valence-corrected chi connectivity index (χ3v) is 8.33. The molecule has 0 aliphatic rings. The van der Waals surface area contributed by atoms with E-state index in [-0.39, 0.29) is 36.2 Å². The summed E-state index contributed by atoms with van der Waals surface area (Å²) in [6.45, 7) is 0. The zero-order valence-electron chi connectivity index (χ0n) is 13.9. The van der Waals surface area contributed by atoms with Crippen LogP contribution in [0.3, 0.4) is 0 Å². The minimum absolute atomic E-state index is 0.0472. The predicted octanol–water partition coefficient (Wildman–Crippen LogP) is 4.24. The second-order valence-corrected chi connectivity index (χ2v) is 10.9. The molecule has 1 aromatic heterocycles. The second-order valence-electron chi connectivity index (χ2n) is 5.53. The summed E-state index contributed by atoms with van der Waals surface area (Å²) in [5.41, 5.74) is 5.74. The molecule has 0 aliphatic heterocycles. The zero-order chi connectivity index (χ0) is 20.5. The van der Waals surface area contributed by atoms with Gasteiger partial charge in [-0.05, 0) is 41.8 Å². The molecule has 0 atom stereocenters. The fourth-order valence-electron chi connectivity index (χ4n) is 2.21. The van der Waals surface area contributed by atoms with Gasteiger partial charge in [-0.2, -0.15) is 0 Å². The van der Waals surface area contributed by atoms with Crippen LogP contribution in [0, 0.1) is 0 Å². The van der Waals surface area contributed by atoms with Gasteiger partial charge in [-0.1, -0.05) is 35.3 Å². The average Bonchev–Trinajstić information content (AvgIpc) is 3.14. The zero-order valence-corrected chi connectivity index (χ0v) is 17.8. The second kappa shape index (κ2) is 7.80. The Balaban J connectivity index is 2.03. The van der Waals surface area contributed by atoms with Gasteiger partial charge < -0.3 is 5.73 Å². The molecule has 0 bridgehead atoms. The largest absolute Gasteiger partial charge is 0.399 e. The fraction of sp³-hybridized carbons (Fsp3) is 0. The highest BCUT2D eigenvalue weighted by atomic mass is 35.5. The third kappa shape index (κ3) is 4.53. The number of sulfonamides is 2. The Bertz CT molecular complexity index is 1230. The molecule has 3 rings (SSSR count). The van der Waals surface area contributed by atoms with Gasteiger partial charge in [0.2, 0.25) is 0 Å². The smallest absolute Gasteiger partial charge is 0.271 e. The van der Waals surface area contributed by atoms with Gasteiger partial charge in [-0.3, -0.25) is 9.44 Å². The maximum Gasteiger partial charge on any atom is 0.271 e. The lowest BCUT2D eigenvalue weighted by molar-refractivity contribution is 0.599. The van der Waals surface area contributed by atoms with Gasteiger partial charge in [0.15, 0.2) is 0 Å². The molecule has 0 unspecified atom stereocenters. The van der Waals surface area contributed by atoms with Crippen molar-refractivity contribution in [2.45, 2.75) is 9.10 Å². The number of nitrogen functional groups attached to an aromatic ring is 1. The number of hydrogen-bond acceptors (Lipinski definition) is 6. The van der Waals surface area contributed by atoms with E-state index >= 15 is 0 Å². The lowest BCUT2D eigenvalue weighted by atomic mass is 10.3. The molecule has 1 heterocycles. The van der Waals surface area contributed by atoms with Crippen molar-refractivity contribution in [3.05, 3.63) is 64.0 Å². The van der Waals surface area contributed by atoms with Crippen molar-refractivity contribution in [3.63, 3.8) is 0 Å². The van der Waals surface area contributed by atoms with Crippen molar-refractivity contribution in [1.82, 2.24) is 0 Å². The van der Waals surface area contributed by atoms with Crippen molar-refractivity contribution in [3.8, 4) is 0 Å². The van der Waals surface area contributed by atoms with Crippen LogP contribution in [0.15, 0.2) is 63.0 Å². The van der Waals surface area contributed by atoms with Crippen LogP contribution in [-0.4, -0.2) is 16.8 Å². The van der Waals surface area contributed by atoms with Crippen molar-refractivity contribution in [1.29, 1.82) is 0 Å². The van der Waals surface area contributed by atoms with Gasteiger partial charge in [-0.15, -0.1) is 11.3 Å². The standard InChI is InChI=1S/C16H13Cl2N3O4S3/c17-12-8-14(20-27(22,23)11-4-1-3-10(19)7-11)15(9-13(12)18)21-28(24,25)16-5-2-6-26-16/h1-9,20-21H,19H2. The van der Waals surface area contributed by atoms with E-state index in [1.165, 1.54) is 36.4 Å². The van der Waals surface area contributed by atoms with Crippen molar-refractivity contribution < 1.29 is 16.8 Å². The summed E-state index contributed by atoms with van der Waals surface area (Å²) in [4.78, 5) is -0.0920. The minimum Gasteiger partial charge on any atom is -0.399 e. The van der Waals surface area contributed by atoms with Crippen LogP contribution in [0.4, 0.5) is 17.1 Å². The van der Waals surface area contributed by atoms with Crippen LogP contribution in [0.5, 0.6) is 0 Å². The molecule has 0 saturated heterocycles. The van der Waals surface area contributed by atoms with Crippen molar-refractivity contribution in [2.24, 2.45) is 0 Å². The molecule has 0 radical (unpaired) electrons. The van der Waals surface area contributed by atoms with Gasteiger partial charge in [-0.25, -0.2) is 16.8 Å². The Kier molecular flexibility index (Phi) is 5.78. The molecule has 2 aromatic carbocycles. The summed E-state index contributed by atoms with van der Waals surface area (Å²) in [7, 11) is -8.00. The SMILES string of the molecule is Nc1cccc(S(=O)(=O)Nc2cc(Cl)c(Cl)cc2NS(=O)(=O)c2cccs2)c1. The normalized spacial score (nSPS) is 11.9. The maximum atomic E-state index is 12.7. The molecule has 0 saturated carbocycles. The molecule has 3 aromatic rings. The fourth-order valence-corrected chi connectivity index (χ4v) is 5.73. The number of benzene rings is 2. The van der Waals surface area contributed by atoms with Crippen LogP contribution >= 0.6 is 34.5 Å². The lowest BCUT2D eigenvalue weighted by Gasteiger charge is -2.15. The van der Waals surface area contributed by atoms with Gasteiger partial charge in [0.1, 0.15) is 4.21 Å². The maximum absolute atomic E-state index is 12.7. The van der Waals surface area contributed by atoms with Crippen LogP contribution < -0.4 is 15.2 Å². The summed E-state index contributed by atoms with van der Waals surface area (Å²) in [6.07, 6.45) is 0. The molecule has 0 amide bonds. The highest BCUT2D eigenvalue weighted by Gasteiger charge is 2.22. The van der Waals surface area contributed by atoms with Crippen molar-refractivity contribution in [2.75, 3.05) is 15.2 Å². The average molecular weight is 478 g/mol. The minimum atomic E-state index is -4.06. The Hall–Kier alpha value is -1.98. The summed E-state index contributed by atoms with van der Waals surface area (Å²) >= 11 is 13.0. The number of hydrogen-bond donors (Lipinski definition) is 3. The number of anilines is 3. The number of thiophene rings is 1. The molecule has 28 heavy (non-hydrogen) atoms. The summed E-state index contributed by atoms with van der Waals surface area (Å²) < 4.78 is 55.1. The first-order valence-electron chi connectivity index (χ1n) is 7.52. The van der Waals surface area contributed by atoms with E-state index in [0.717, 1.165) is 11.3 Å². The Morgan fingerprint density at radius 1 is 0.821 bits per heavy atom. The lowest BCUT2D eigenvalue weighted by Crippen LogP contribution is -2.17. The van der Waals surface area contributed by atoms with Crippen LogP contribution in [-0.2, 0) is 20.0 Å². The Morgan fingerprint density at radius 2 is 1.43 bits per heavy atom. The molecule has 0 fully saturated rings. The van der Waals surface area contributed by atoms with E-state index in [4.69, 9.17) is 28.9 Å². The topological polar surface area (TPSA) is 118 Å². The number of nitrogens with two attached hydrogens (primary N) is 1. The summed E-state index contributed by atoms with van der Waals surface area (Å²) in [5, 5.41) is 1.70. The molecule has 7 nitrogen and oxygen atoms in total. The number of rotatable bonds is 6. The van der Waals surface area contributed by atoms with Gasteiger partial charge >= 0.3 is 0 Å². The van der Waals surface area contributed by atoms with Gasteiger partial charge in [0.05, 0.1) is 26.3 Å². The highest BCUT2D eigenvalue weighted by Crippen LogP contribution is 2.35. The van der Waals surface area contributed by atoms with E-state index in [1.807, 2.05) is 0 Å². The first-order chi connectivity index (χ1) is 13.1. The van der Waals surface area contributed by atoms with Crippen LogP contribution in [0.25, 0.3) is 0 Å². The summed E-state index contributed by atoms with van der Waals surface area (Å²) in [5.74, 6) is 0. The third-order valence-electron chi connectivity index (χ3n) is 3.48. The van der Waals surface area contributed by atoms with E-state index in [1.54, 1.807) is 17.5 Å². The Morgan fingerprint density at radius 3 is 1.96 bits per heavy atom. The predicted molar refractivity (Wildman–Crippen MR) is 113 cm³/mol. The number of halogens is 2. The quantitative estimate of drug-likeness (QED) is 0.458. The van der Waals surface area contributed by atoms with Crippen LogP contribution in [0.1, 0.15) is 0 Å². The molecule has 148 valence electrons. The summed E-state index contributed by atoms with van der Waals surface area (Å²) in [6, 6.07) is 11.1. The first-order valence-corrected chi connectivity index (χ1v) is 12.1. The first kappa shape index (κ1) is 20.7. The highest BCUT2D eigenvalue weighted by molar-refractivity contribution is 7.94. The van der Waals surface area contributed by atoms with E-state index in [2.05, 4.69) is 9.44 Å². The van der Waals surface area contributed by atoms with E-state index in [9.17, 15) is 16.8 Å². The molecular formula is C16H13Cl2N3O4S3. The van der Waals surface area contributed by atoms with E-state index in [0.29, 0.717) is 0 Å². The molecule has 0 spiro atoms. The van der Waals surface area contributed by atoms with Gasteiger partial charge in [0.25, 0.3) is 20.0 Å². The number of nitrogens with one attached hydrogen (secondary N) is 2. The van der Waals surface area contributed by atoms with E-state index < -0.39 is 20.0 Å². The molecular weight excluding hydrogens is 465 g/mol.